The molecule has 1 aliphatic carbocycles. The molecule has 1 atom stereocenters. The van der Waals surface area contributed by atoms with E-state index >= 15 is 0 Å². The van der Waals surface area contributed by atoms with Gasteiger partial charge in [-0.05, 0) is 43.0 Å². The second-order valence-electron chi connectivity index (χ2n) is 5.83. The first-order valence-electron chi connectivity index (χ1n) is 7.11. The van der Waals surface area contributed by atoms with Crippen molar-refractivity contribution in [2.45, 2.75) is 45.1 Å². The Bertz CT molecular complexity index is 427. The van der Waals surface area contributed by atoms with Gasteiger partial charge < -0.3 is 10.1 Å². The number of benzene rings is 1. The molecule has 1 aromatic rings. The smallest absolute Gasteiger partial charge is 0.137 e. The Balaban J connectivity index is 2.30. The maximum atomic E-state index is 6.12. The quantitative estimate of drug-likeness (QED) is 0.872. The number of halogens is 1. The average molecular weight is 282 g/mol. The van der Waals surface area contributed by atoms with Gasteiger partial charge in [0.05, 0.1) is 12.1 Å². The van der Waals surface area contributed by atoms with Crippen LogP contribution in [-0.2, 0) is 0 Å². The lowest BCUT2D eigenvalue weighted by atomic mass is 9.68. The number of methoxy groups -OCH3 is 1. The molecular formula is C16H24ClNO. The second kappa shape index (κ2) is 6.15. The zero-order chi connectivity index (χ0) is 13.9. The third-order valence-electron chi connectivity index (χ3n) is 4.49. The topological polar surface area (TPSA) is 21.3 Å². The molecule has 1 aliphatic rings. The highest BCUT2D eigenvalue weighted by Gasteiger charge is 2.35. The van der Waals surface area contributed by atoms with E-state index in [-0.39, 0.29) is 0 Å². The summed E-state index contributed by atoms with van der Waals surface area (Å²) in [7, 11) is 3.72. The Morgan fingerprint density at radius 2 is 1.95 bits per heavy atom. The largest absolute Gasteiger partial charge is 0.495 e. The molecule has 0 saturated heterocycles. The third-order valence-corrected chi connectivity index (χ3v) is 4.80. The van der Waals surface area contributed by atoms with Gasteiger partial charge >= 0.3 is 0 Å². The van der Waals surface area contributed by atoms with Crippen molar-refractivity contribution in [3.05, 3.63) is 28.8 Å². The van der Waals surface area contributed by atoms with Gasteiger partial charge in [-0.15, -0.1) is 0 Å². The van der Waals surface area contributed by atoms with E-state index in [2.05, 4.69) is 24.4 Å². The molecule has 1 fully saturated rings. The minimum absolute atomic E-state index is 0.325. The molecule has 0 aromatic heterocycles. The van der Waals surface area contributed by atoms with Gasteiger partial charge in [-0.1, -0.05) is 43.9 Å². The van der Waals surface area contributed by atoms with Crippen LogP contribution in [0.5, 0.6) is 5.75 Å². The van der Waals surface area contributed by atoms with Gasteiger partial charge in [-0.2, -0.15) is 0 Å². The summed E-state index contributed by atoms with van der Waals surface area (Å²) in [5, 5.41) is 4.18. The van der Waals surface area contributed by atoms with Gasteiger partial charge in [0.15, 0.2) is 0 Å². The Kier molecular flexibility index (Phi) is 4.75. The second-order valence-corrected chi connectivity index (χ2v) is 6.24. The van der Waals surface area contributed by atoms with E-state index in [4.69, 9.17) is 16.3 Å². The van der Waals surface area contributed by atoms with Crippen LogP contribution in [0.3, 0.4) is 0 Å². The van der Waals surface area contributed by atoms with Crippen molar-refractivity contribution in [3.8, 4) is 5.75 Å². The van der Waals surface area contributed by atoms with Crippen molar-refractivity contribution in [1.29, 1.82) is 0 Å². The summed E-state index contributed by atoms with van der Waals surface area (Å²) in [6.45, 7) is 2.40. The predicted molar refractivity (Wildman–Crippen MR) is 81.0 cm³/mol. The standard InChI is InChI=1S/C16H24ClNO/c1-16(9-5-4-6-10-16)15(18-2)12-7-8-13(17)14(11-12)19-3/h7-8,11,15,18H,4-6,9-10H2,1-3H3. The van der Waals surface area contributed by atoms with Crippen LogP contribution in [0.15, 0.2) is 18.2 Å². The summed E-state index contributed by atoms with van der Waals surface area (Å²) in [4.78, 5) is 0. The molecule has 0 aliphatic heterocycles. The molecule has 2 rings (SSSR count). The average Bonchev–Trinajstić information content (AvgIpc) is 2.42. The van der Waals surface area contributed by atoms with Crippen LogP contribution in [0.1, 0.15) is 50.6 Å². The van der Waals surface area contributed by atoms with Crippen molar-refractivity contribution < 1.29 is 4.74 Å². The van der Waals surface area contributed by atoms with E-state index in [0.717, 1.165) is 5.75 Å². The Labute approximate surface area is 121 Å². The number of rotatable bonds is 4. The number of hydrogen-bond donors (Lipinski definition) is 1. The predicted octanol–water partition coefficient (Wildman–Crippen LogP) is 4.58. The number of nitrogens with one attached hydrogen (secondary N) is 1. The fourth-order valence-electron chi connectivity index (χ4n) is 3.42. The molecule has 1 unspecified atom stereocenters. The van der Waals surface area contributed by atoms with Crippen LogP contribution in [0.2, 0.25) is 5.02 Å². The fourth-order valence-corrected chi connectivity index (χ4v) is 3.62. The van der Waals surface area contributed by atoms with E-state index in [1.54, 1.807) is 7.11 Å². The number of ether oxygens (including phenoxy) is 1. The normalized spacial score (nSPS) is 20.0. The summed E-state index contributed by atoms with van der Waals surface area (Å²) < 4.78 is 5.34. The fraction of sp³-hybridized carbons (Fsp3) is 0.625. The third kappa shape index (κ3) is 3.06. The van der Waals surface area contributed by atoms with Crippen molar-refractivity contribution in [3.63, 3.8) is 0 Å². The van der Waals surface area contributed by atoms with Crippen LogP contribution in [0, 0.1) is 5.41 Å². The van der Waals surface area contributed by atoms with Gasteiger partial charge in [0.2, 0.25) is 0 Å². The molecule has 0 amide bonds. The van der Waals surface area contributed by atoms with Crippen LogP contribution >= 0.6 is 11.6 Å². The van der Waals surface area contributed by atoms with Crippen LogP contribution in [0.4, 0.5) is 0 Å². The zero-order valence-corrected chi connectivity index (χ0v) is 12.9. The summed E-state index contributed by atoms with van der Waals surface area (Å²) >= 11 is 6.12. The maximum absolute atomic E-state index is 6.12. The first-order chi connectivity index (χ1) is 9.10. The van der Waals surface area contributed by atoms with Crippen molar-refractivity contribution in [1.82, 2.24) is 5.32 Å². The van der Waals surface area contributed by atoms with Gasteiger partial charge in [0, 0.05) is 6.04 Å². The van der Waals surface area contributed by atoms with Gasteiger partial charge in [0.25, 0.3) is 0 Å². The maximum Gasteiger partial charge on any atom is 0.137 e. The Hall–Kier alpha value is -0.730. The SMILES string of the molecule is CNC(c1ccc(Cl)c(OC)c1)C1(C)CCCCC1. The molecule has 1 saturated carbocycles. The lowest BCUT2D eigenvalue weighted by Crippen LogP contribution is -2.36. The van der Waals surface area contributed by atoms with E-state index in [0.29, 0.717) is 16.5 Å². The Morgan fingerprint density at radius 1 is 1.26 bits per heavy atom. The molecular weight excluding hydrogens is 258 g/mol. The molecule has 106 valence electrons. The molecule has 0 radical (unpaired) electrons. The summed E-state index contributed by atoms with van der Waals surface area (Å²) in [5.74, 6) is 0.763. The zero-order valence-electron chi connectivity index (χ0n) is 12.1. The lowest BCUT2D eigenvalue weighted by Gasteiger charge is -2.41. The van der Waals surface area contributed by atoms with Crippen molar-refractivity contribution in [2.24, 2.45) is 5.41 Å². The van der Waals surface area contributed by atoms with E-state index in [9.17, 15) is 0 Å². The van der Waals surface area contributed by atoms with Crippen LogP contribution in [0.25, 0.3) is 0 Å². The van der Waals surface area contributed by atoms with Gasteiger partial charge in [-0.25, -0.2) is 0 Å². The van der Waals surface area contributed by atoms with Gasteiger partial charge in [0.1, 0.15) is 5.75 Å². The number of hydrogen-bond acceptors (Lipinski definition) is 2. The first-order valence-corrected chi connectivity index (χ1v) is 7.49. The highest BCUT2D eigenvalue weighted by Crippen LogP contribution is 2.46. The first kappa shape index (κ1) is 14.7. The monoisotopic (exact) mass is 281 g/mol. The molecule has 1 N–H and O–H groups in total. The molecule has 2 nitrogen and oxygen atoms in total. The summed E-state index contributed by atoms with van der Waals surface area (Å²) in [6, 6.07) is 6.49. The van der Waals surface area contributed by atoms with E-state index in [1.807, 2.05) is 13.1 Å². The molecule has 0 spiro atoms. The molecule has 3 heteroatoms. The van der Waals surface area contributed by atoms with Crippen LogP contribution in [-0.4, -0.2) is 14.2 Å². The minimum atomic E-state index is 0.325. The van der Waals surface area contributed by atoms with E-state index in [1.165, 1.54) is 37.7 Å². The van der Waals surface area contributed by atoms with Crippen molar-refractivity contribution in [2.75, 3.05) is 14.2 Å². The summed E-state index contributed by atoms with van der Waals surface area (Å²) in [5.41, 5.74) is 1.60. The van der Waals surface area contributed by atoms with E-state index < -0.39 is 0 Å². The molecule has 19 heavy (non-hydrogen) atoms. The summed E-state index contributed by atoms with van der Waals surface area (Å²) in [6.07, 6.45) is 6.60. The molecule has 0 bridgehead atoms. The highest BCUT2D eigenvalue weighted by molar-refractivity contribution is 6.32. The molecule has 1 aromatic carbocycles. The Morgan fingerprint density at radius 3 is 2.53 bits per heavy atom. The minimum Gasteiger partial charge on any atom is -0.495 e. The van der Waals surface area contributed by atoms with Crippen LogP contribution < -0.4 is 10.1 Å². The lowest BCUT2D eigenvalue weighted by molar-refractivity contribution is 0.150. The van der Waals surface area contributed by atoms with Gasteiger partial charge in [-0.3, -0.25) is 0 Å². The molecule has 0 heterocycles. The van der Waals surface area contributed by atoms with Crippen molar-refractivity contribution >= 4 is 11.6 Å². The highest BCUT2D eigenvalue weighted by atomic mass is 35.5.